The van der Waals surface area contributed by atoms with Crippen LogP contribution in [0.25, 0.3) is 10.9 Å². The zero-order chi connectivity index (χ0) is 30.6. The molecule has 1 saturated carbocycles. The number of anilines is 3. The molecule has 2 aromatic carbocycles. The first-order valence-corrected chi connectivity index (χ1v) is 15.0. The van der Waals surface area contributed by atoms with Crippen molar-refractivity contribution in [1.29, 1.82) is 0 Å². The number of cyclic esters (lactones) is 1. The summed E-state index contributed by atoms with van der Waals surface area (Å²) in [6, 6.07) is 7.82. The summed E-state index contributed by atoms with van der Waals surface area (Å²) in [5, 5.41) is 6.70. The quantitative estimate of drug-likeness (QED) is 0.251. The number of nitrogens with one attached hydrogen (secondary N) is 2. The summed E-state index contributed by atoms with van der Waals surface area (Å²) in [6.45, 7) is 3.46. The number of rotatable bonds is 10. The van der Waals surface area contributed by atoms with Gasteiger partial charge in [0.05, 0.1) is 22.8 Å². The van der Waals surface area contributed by atoms with Crippen molar-refractivity contribution in [3.63, 3.8) is 0 Å². The molecule has 13 heteroatoms. The third-order valence-electron chi connectivity index (χ3n) is 7.82. The van der Waals surface area contributed by atoms with Crippen LogP contribution in [-0.2, 0) is 19.1 Å². The maximum Gasteiger partial charge on any atom is 0.306 e. The van der Waals surface area contributed by atoms with Gasteiger partial charge in [-0.25, -0.2) is 14.4 Å². The fraction of sp³-hybridized carbons (Fsp3) is 0.387. The molecular weight excluding hydrogens is 591 g/mol. The van der Waals surface area contributed by atoms with Gasteiger partial charge in [0.1, 0.15) is 23.7 Å². The fourth-order valence-corrected chi connectivity index (χ4v) is 5.32. The Morgan fingerprint density at radius 3 is 2.66 bits per heavy atom. The highest BCUT2D eigenvalue weighted by Crippen LogP contribution is 2.36. The average Bonchev–Trinajstić information content (AvgIpc) is 3.75. The molecular formula is C31H32ClFN6O5. The molecule has 44 heavy (non-hydrogen) atoms. The number of piperazine rings is 1. The number of halogens is 2. The third kappa shape index (κ3) is 7.25. The molecule has 1 aromatic heterocycles. The highest BCUT2D eigenvalue weighted by molar-refractivity contribution is 6.31. The summed E-state index contributed by atoms with van der Waals surface area (Å²) in [5.41, 5.74) is 1.63. The minimum Gasteiger partial charge on any atom is -0.491 e. The third-order valence-corrected chi connectivity index (χ3v) is 8.11. The van der Waals surface area contributed by atoms with Crippen LogP contribution in [0.4, 0.5) is 21.6 Å². The molecule has 0 spiro atoms. The highest BCUT2D eigenvalue weighted by atomic mass is 35.5. The van der Waals surface area contributed by atoms with Gasteiger partial charge in [0.2, 0.25) is 5.91 Å². The first-order chi connectivity index (χ1) is 21.3. The number of aromatic nitrogens is 2. The smallest absolute Gasteiger partial charge is 0.306 e. The largest absolute Gasteiger partial charge is 0.491 e. The summed E-state index contributed by atoms with van der Waals surface area (Å²) >= 11 is 5.95. The number of ether oxygens (including phenoxy) is 2. The molecule has 0 bridgehead atoms. The summed E-state index contributed by atoms with van der Waals surface area (Å²) in [4.78, 5) is 49.5. The molecule has 11 nitrogen and oxygen atoms in total. The Balaban J connectivity index is 1.10. The second kappa shape index (κ2) is 13.1. The van der Waals surface area contributed by atoms with E-state index in [1.807, 2.05) is 0 Å². The van der Waals surface area contributed by atoms with Gasteiger partial charge in [0.25, 0.3) is 5.91 Å². The molecule has 2 N–H and O–H groups in total. The highest BCUT2D eigenvalue weighted by Gasteiger charge is 2.34. The van der Waals surface area contributed by atoms with Crippen LogP contribution >= 0.6 is 11.6 Å². The number of amides is 2. The molecule has 2 amide bonds. The predicted octanol–water partition coefficient (Wildman–Crippen LogP) is 4.30. The summed E-state index contributed by atoms with van der Waals surface area (Å²) < 4.78 is 24.9. The fourth-order valence-electron chi connectivity index (χ4n) is 5.14. The second-order valence-corrected chi connectivity index (χ2v) is 11.5. The van der Waals surface area contributed by atoms with Crippen molar-refractivity contribution in [1.82, 2.24) is 19.8 Å². The standard InChI is InChI=1S/C31H32ClFN6O5/c32-22-14-20(5-6-23(22)33)36-30-21-15-25(27(43-17-19-3-4-19)16-24(21)34-18-35-30)37-28(40)2-1-9-38-10-12-39(13-11-38)31(42)26-7-8-29(41)44-26/h1-2,5-6,14-16,18-19,26H,3-4,7-13,17H2,(H,37,40)(H,34,35,36)/t26-/m0/s1. The molecule has 3 aliphatic rings. The van der Waals surface area contributed by atoms with E-state index in [1.165, 1.54) is 24.5 Å². The van der Waals surface area contributed by atoms with E-state index >= 15 is 0 Å². The van der Waals surface area contributed by atoms with E-state index in [-0.39, 0.29) is 29.2 Å². The van der Waals surface area contributed by atoms with Crippen LogP contribution in [0.1, 0.15) is 25.7 Å². The summed E-state index contributed by atoms with van der Waals surface area (Å²) in [5.74, 6) is 0.168. The molecule has 3 heterocycles. The number of benzene rings is 2. The lowest BCUT2D eigenvalue weighted by Crippen LogP contribution is -2.51. The molecule has 3 fully saturated rings. The van der Waals surface area contributed by atoms with Gasteiger partial charge < -0.3 is 25.0 Å². The van der Waals surface area contributed by atoms with Crippen LogP contribution < -0.4 is 15.4 Å². The molecule has 2 aliphatic heterocycles. The van der Waals surface area contributed by atoms with Crippen molar-refractivity contribution in [3.8, 4) is 5.75 Å². The van der Waals surface area contributed by atoms with Gasteiger partial charge >= 0.3 is 5.97 Å². The van der Waals surface area contributed by atoms with E-state index in [4.69, 9.17) is 21.1 Å². The Morgan fingerprint density at radius 2 is 1.93 bits per heavy atom. The first-order valence-electron chi connectivity index (χ1n) is 14.6. The van der Waals surface area contributed by atoms with Crippen LogP contribution in [0.15, 0.2) is 48.8 Å². The normalized spacial score (nSPS) is 18.9. The zero-order valence-electron chi connectivity index (χ0n) is 23.9. The van der Waals surface area contributed by atoms with E-state index < -0.39 is 11.9 Å². The molecule has 0 unspecified atom stereocenters. The second-order valence-electron chi connectivity index (χ2n) is 11.1. The Labute approximate surface area is 258 Å². The van der Waals surface area contributed by atoms with Gasteiger partial charge in [-0.05, 0) is 43.0 Å². The lowest BCUT2D eigenvalue weighted by molar-refractivity contribution is -0.153. The zero-order valence-corrected chi connectivity index (χ0v) is 24.7. The van der Waals surface area contributed by atoms with Crippen molar-refractivity contribution >= 4 is 57.5 Å². The lowest BCUT2D eigenvalue weighted by Gasteiger charge is -2.35. The van der Waals surface area contributed by atoms with Crippen molar-refractivity contribution < 1.29 is 28.2 Å². The number of esters is 1. The Bertz CT molecular complexity index is 1610. The summed E-state index contributed by atoms with van der Waals surface area (Å²) in [7, 11) is 0. The lowest BCUT2D eigenvalue weighted by atomic mass is 10.1. The number of carbonyl (C=O) groups is 3. The van der Waals surface area contributed by atoms with Gasteiger partial charge in [-0.15, -0.1) is 0 Å². The molecule has 3 aromatic rings. The topological polar surface area (TPSA) is 126 Å². The minimum absolute atomic E-state index is 0.0180. The van der Waals surface area contributed by atoms with E-state index in [0.717, 1.165) is 12.8 Å². The number of hydrogen-bond donors (Lipinski definition) is 2. The van der Waals surface area contributed by atoms with Crippen LogP contribution in [-0.4, -0.2) is 83.0 Å². The molecule has 1 atom stereocenters. The van der Waals surface area contributed by atoms with E-state index in [9.17, 15) is 18.8 Å². The SMILES string of the molecule is O=C(C=CCN1CCN(C(=O)[C@@H]2CCC(=O)O2)CC1)Nc1cc2c(Nc3ccc(F)c(Cl)c3)ncnc2cc1OCC1CC1. The minimum atomic E-state index is -0.661. The first kappa shape index (κ1) is 29.8. The Kier molecular flexibility index (Phi) is 8.89. The maximum atomic E-state index is 13.7. The van der Waals surface area contributed by atoms with Crippen molar-refractivity contribution in [2.45, 2.75) is 31.8 Å². The van der Waals surface area contributed by atoms with Crippen LogP contribution in [0.3, 0.4) is 0 Å². The predicted molar refractivity (Wildman–Crippen MR) is 162 cm³/mol. The van der Waals surface area contributed by atoms with Gasteiger partial charge in [0.15, 0.2) is 6.10 Å². The number of fused-ring (bicyclic) bond motifs is 1. The van der Waals surface area contributed by atoms with Gasteiger partial charge in [-0.1, -0.05) is 17.7 Å². The van der Waals surface area contributed by atoms with Gasteiger partial charge in [-0.2, -0.15) is 0 Å². The maximum absolute atomic E-state index is 13.7. The van der Waals surface area contributed by atoms with Crippen molar-refractivity contribution in [2.24, 2.45) is 5.92 Å². The Hall–Kier alpha value is -4.29. The number of hydrogen-bond acceptors (Lipinski definition) is 9. The molecule has 1 aliphatic carbocycles. The number of nitrogens with zero attached hydrogens (tertiary/aromatic N) is 4. The molecule has 2 saturated heterocycles. The van der Waals surface area contributed by atoms with E-state index in [2.05, 4.69) is 25.5 Å². The monoisotopic (exact) mass is 622 g/mol. The van der Waals surface area contributed by atoms with Crippen molar-refractivity contribution in [2.75, 3.05) is 50.0 Å². The van der Waals surface area contributed by atoms with E-state index in [1.54, 1.807) is 29.2 Å². The van der Waals surface area contributed by atoms with Crippen LogP contribution in [0.2, 0.25) is 5.02 Å². The average molecular weight is 623 g/mol. The van der Waals surface area contributed by atoms with E-state index in [0.29, 0.717) is 85.5 Å². The van der Waals surface area contributed by atoms with Crippen LogP contribution in [0.5, 0.6) is 5.75 Å². The van der Waals surface area contributed by atoms with Crippen molar-refractivity contribution in [3.05, 3.63) is 59.7 Å². The molecule has 0 radical (unpaired) electrons. The van der Waals surface area contributed by atoms with Gasteiger partial charge in [-0.3, -0.25) is 19.3 Å². The van der Waals surface area contributed by atoms with Gasteiger partial charge in [0, 0.05) is 68.8 Å². The Morgan fingerprint density at radius 1 is 1.11 bits per heavy atom. The number of carbonyl (C=O) groups excluding carboxylic acids is 3. The molecule has 230 valence electrons. The summed E-state index contributed by atoms with van der Waals surface area (Å²) in [6.07, 6.45) is 6.97. The molecule has 6 rings (SSSR count). The van der Waals surface area contributed by atoms with Crippen LogP contribution in [0, 0.1) is 11.7 Å².